The number of carbonyl (C=O) groups is 1. The Balaban J connectivity index is 2.03. The van der Waals surface area contributed by atoms with E-state index in [9.17, 15) is 9.90 Å². The molecule has 1 saturated heterocycles. The molecule has 1 aliphatic heterocycles. The number of carboxylic acid groups (broad SMARTS) is 1. The van der Waals surface area contributed by atoms with E-state index in [1.807, 2.05) is 6.92 Å². The molecule has 3 heteroatoms. The first-order chi connectivity index (χ1) is 5.18. The van der Waals surface area contributed by atoms with Crippen LogP contribution in [-0.2, 0) is 9.53 Å². The van der Waals surface area contributed by atoms with Crippen molar-refractivity contribution >= 4 is 5.97 Å². The van der Waals surface area contributed by atoms with Gasteiger partial charge in [-0.1, -0.05) is 6.92 Å². The largest absolute Gasteiger partial charge is 0.550 e. The summed E-state index contributed by atoms with van der Waals surface area (Å²) in [6.07, 6.45) is 2.15. The monoisotopic (exact) mass is 155 g/mol. The van der Waals surface area contributed by atoms with Crippen molar-refractivity contribution in [3.8, 4) is 0 Å². The van der Waals surface area contributed by atoms with Crippen molar-refractivity contribution in [2.24, 2.45) is 11.8 Å². The second-order valence-electron chi connectivity index (χ2n) is 3.59. The maximum absolute atomic E-state index is 10.6. The zero-order valence-electron chi connectivity index (χ0n) is 6.45. The molecular formula is C8H11O3-. The van der Waals surface area contributed by atoms with Crippen LogP contribution in [0.4, 0.5) is 0 Å². The van der Waals surface area contributed by atoms with Crippen LogP contribution < -0.4 is 5.11 Å². The molecule has 11 heavy (non-hydrogen) atoms. The van der Waals surface area contributed by atoms with Gasteiger partial charge in [-0.3, -0.25) is 0 Å². The molecule has 1 aliphatic carbocycles. The fourth-order valence-corrected chi connectivity index (χ4v) is 1.94. The molecule has 2 aliphatic rings. The van der Waals surface area contributed by atoms with E-state index in [4.69, 9.17) is 4.74 Å². The van der Waals surface area contributed by atoms with Crippen molar-refractivity contribution in [1.29, 1.82) is 0 Å². The lowest BCUT2D eigenvalue weighted by Gasteiger charge is -2.26. The number of epoxide rings is 1. The van der Waals surface area contributed by atoms with Crippen LogP contribution in [0.5, 0.6) is 0 Å². The van der Waals surface area contributed by atoms with Gasteiger partial charge in [0.1, 0.15) is 0 Å². The van der Waals surface area contributed by atoms with Crippen molar-refractivity contribution < 1.29 is 14.6 Å². The van der Waals surface area contributed by atoms with E-state index < -0.39 is 5.97 Å². The number of rotatable bonds is 1. The number of carbonyl (C=O) groups excluding carboxylic acids is 1. The van der Waals surface area contributed by atoms with E-state index in [2.05, 4.69) is 0 Å². The second kappa shape index (κ2) is 2.21. The molecule has 4 unspecified atom stereocenters. The summed E-state index contributed by atoms with van der Waals surface area (Å²) < 4.78 is 5.24. The highest BCUT2D eigenvalue weighted by atomic mass is 16.6. The van der Waals surface area contributed by atoms with Crippen LogP contribution in [0.25, 0.3) is 0 Å². The fraction of sp³-hybridized carbons (Fsp3) is 0.875. The third-order valence-corrected chi connectivity index (χ3v) is 2.77. The molecule has 0 bridgehead atoms. The fourth-order valence-electron chi connectivity index (χ4n) is 1.94. The van der Waals surface area contributed by atoms with Crippen molar-refractivity contribution in [2.45, 2.75) is 32.0 Å². The molecule has 62 valence electrons. The molecule has 0 aromatic heterocycles. The van der Waals surface area contributed by atoms with Gasteiger partial charge in [0, 0.05) is 11.9 Å². The van der Waals surface area contributed by atoms with E-state index in [1.165, 1.54) is 0 Å². The minimum absolute atomic E-state index is 0.226. The average Bonchev–Trinajstić information content (AvgIpc) is 2.63. The van der Waals surface area contributed by atoms with Crippen LogP contribution in [-0.4, -0.2) is 18.2 Å². The minimum Gasteiger partial charge on any atom is -0.550 e. The van der Waals surface area contributed by atoms with Gasteiger partial charge in [0.25, 0.3) is 0 Å². The van der Waals surface area contributed by atoms with Gasteiger partial charge in [-0.25, -0.2) is 0 Å². The van der Waals surface area contributed by atoms with E-state index in [0.717, 1.165) is 6.42 Å². The summed E-state index contributed by atoms with van der Waals surface area (Å²) in [6.45, 7) is 1.96. The van der Waals surface area contributed by atoms with Crippen molar-refractivity contribution in [1.82, 2.24) is 0 Å². The molecule has 0 aromatic rings. The Kier molecular flexibility index (Phi) is 1.42. The predicted molar refractivity (Wildman–Crippen MR) is 35.6 cm³/mol. The standard InChI is InChI=1S/C8H12O3/c1-4-2-6-7(11-6)3-5(4)8(9)10/h4-7H,2-3H2,1H3,(H,9,10)/p-1. The zero-order valence-corrected chi connectivity index (χ0v) is 6.45. The van der Waals surface area contributed by atoms with Crippen molar-refractivity contribution in [3.63, 3.8) is 0 Å². The Morgan fingerprint density at radius 1 is 1.45 bits per heavy atom. The molecule has 4 atom stereocenters. The van der Waals surface area contributed by atoms with Crippen molar-refractivity contribution in [3.05, 3.63) is 0 Å². The van der Waals surface area contributed by atoms with Gasteiger partial charge in [-0.15, -0.1) is 0 Å². The lowest BCUT2D eigenvalue weighted by atomic mass is 9.81. The maximum Gasteiger partial charge on any atom is 0.0848 e. The summed E-state index contributed by atoms with van der Waals surface area (Å²) in [7, 11) is 0. The Hall–Kier alpha value is -0.570. The molecule has 2 fully saturated rings. The molecule has 0 amide bonds. The Morgan fingerprint density at radius 3 is 2.73 bits per heavy atom. The maximum atomic E-state index is 10.6. The number of hydrogen-bond acceptors (Lipinski definition) is 3. The third kappa shape index (κ3) is 1.13. The molecule has 0 spiro atoms. The Morgan fingerprint density at radius 2 is 2.09 bits per heavy atom. The molecule has 0 N–H and O–H groups in total. The first-order valence-corrected chi connectivity index (χ1v) is 4.05. The van der Waals surface area contributed by atoms with Crippen molar-refractivity contribution in [2.75, 3.05) is 0 Å². The first-order valence-electron chi connectivity index (χ1n) is 4.05. The number of carboxylic acids is 1. The van der Waals surface area contributed by atoms with Gasteiger partial charge in [-0.05, 0) is 18.8 Å². The van der Waals surface area contributed by atoms with Crippen LogP contribution in [0.1, 0.15) is 19.8 Å². The summed E-state index contributed by atoms with van der Waals surface area (Å²) in [5.41, 5.74) is 0. The molecule has 0 aromatic carbocycles. The van der Waals surface area contributed by atoms with Gasteiger partial charge >= 0.3 is 0 Å². The van der Waals surface area contributed by atoms with Crippen LogP contribution in [0, 0.1) is 11.8 Å². The van der Waals surface area contributed by atoms with Gasteiger partial charge in [0.2, 0.25) is 0 Å². The molecule has 1 saturated carbocycles. The summed E-state index contributed by atoms with van der Waals surface area (Å²) in [5.74, 6) is -0.964. The first kappa shape index (κ1) is 7.10. The highest BCUT2D eigenvalue weighted by Gasteiger charge is 2.47. The topological polar surface area (TPSA) is 52.7 Å². The van der Waals surface area contributed by atoms with Gasteiger partial charge in [-0.2, -0.15) is 0 Å². The Labute approximate surface area is 65.4 Å². The summed E-state index contributed by atoms with van der Waals surface area (Å²) >= 11 is 0. The van der Waals surface area contributed by atoms with Gasteiger partial charge in [0.15, 0.2) is 0 Å². The molecule has 1 heterocycles. The SMILES string of the molecule is CC1CC2OC2CC1C(=O)[O-]. The van der Waals surface area contributed by atoms with E-state index in [1.54, 1.807) is 0 Å². The number of hydrogen-bond donors (Lipinski definition) is 0. The second-order valence-corrected chi connectivity index (χ2v) is 3.59. The smallest absolute Gasteiger partial charge is 0.0848 e. The van der Waals surface area contributed by atoms with E-state index in [-0.39, 0.29) is 17.9 Å². The highest BCUT2D eigenvalue weighted by Crippen LogP contribution is 2.42. The van der Waals surface area contributed by atoms with Gasteiger partial charge < -0.3 is 14.6 Å². The normalized spacial score (nSPS) is 48.1. The summed E-state index contributed by atoms with van der Waals surface area (Å²) in [6, 6.07) is 0. The zero-order chi connectivity index (χ0) is 8.01. The highest BCUT2D eigenvalue weighted by molar-refractivity contribution is 5.68. The lowest BCUT2D eigenvalue weighted by molar-refractivity contribution is -0.313. The van der Waals surface area contributed by atoms with E-state index >= 15 is 0 Å². The number of ether oxygens (including phenoxy) is 1. The third-order valence-electron chi connectivity index (χ3n) is 2.77. The Bertz CT molecular complexity index is 190. The average molecular weight is 155 g/mol. The van der Waals surface area contributed by atoms with Crippen LogP contribution in [0.2, 0.25) is 0 Å². The predicted octanol–water partition coefficient (Wildman–Crippen LogP) is -0.450. The van der Waals surface area contributed by atoms with Gasteiger partial charge in [0.05, 0.1) is 12.2 Å². The minimum atomic E-state index is -0.911. The van der Waals surface area contributed by atoms with Crippen LogP contribution in [0.15, 0.2) is 0 Å². The van der Waals surface area contributed by atoms with Crippen LogP contribution >= 0.6 is 0 Å². The number of aliphatic carboxylic acids is 1. The van der Waals surface area contributed by atoms with Crippen LogP contribution in [0.3, 0.4) is 0 Å². The van der Waals surface area contributed by atoms with E-state index in [0.29, 0.717) is 12.5 Å². The quantitative estimate of drug-likeness (QED) is 0.482. The lowest BCUT2D eigenvalue weighted by Crippen LogP contribution is -2.38. The molecule has 3 nitrogen and oxygen atoms in total. The molecular weight excluding hydrogens is 144 g/mol. The summed E-state index contributed by atoms with van der Waals surface area (Å²) in [5, 5.41) is 10.6. The number of fused-ring (bicyclic) bond motifs is 1. The molecule has 2 rings (SSSR count). The summed E-state index contributed by atoms with van der Waals surface area (Å²) in [4.78, 5) is 10.6. The molecule has 0 radical (unpaired) electrons.